The van der Waals surface area contributed by atoms with Gasteiger partial charge in [0.25, 0.3) is 5.91 Å². The minimum absolute atomic E-state index is 0.0128. The van der Waals surface area contributed by atoms with Crippen LogP contribution in [0.15, 0.2) is 36.4 Å². The third-order valence-corrected chi connectivity index (χ3v) is 5.90. The van der Waals surface area contributed by atoms with Crippen molar-refractivity contribution in [2.75, 3.05) is 51.3 Å². The predicted octanol–water partition coefficient (Wildman–Crippen LogP) is 1.13. The molecule has 0 bridgehead atoms. The second kappa shape index (κ2) is 15.3. The highest BCUT2D eigenvalue weighted by Crippen LogP contribution is 2.18. The van der Waals surface area contributed by atoms with Crippen LogP contribution in [0.25, 0.3) is 11.4 Å². The third-order valence-electron chi connectivity index (χ3n) is 5.90. The zero-order chi connectivity index (χ0) is 28.9. The van der Waals surface area contributed by atoms with Crippen LogP contribution in [-0.2, 0) is 19.2 Å². The first-order chi connectivity index (χ1) is 19.3. The number of piperazine rings is 1. The molecular formula is C26H34N6O8. The van der Waals surface area contributed by atoms with Crippen LogP contribution in [-0.4, -0.2) is 106 Å². The number of benzene rings is 1. The Morgan fingerprint density at radius 3 is 2.45 bits per heavy atom. The Morgan fingerprint density at radius 1 is 1.07 bits per heavy atom. The predicted molar refractivity (Wildman–Crippen MR) is 142 cm³/mol. The average Bonchev–Trinajstić information content (AvgIpc) is 2.95. The van der Waals surface area contributed by atoms with Crippen molar-refractivity contribution in [2.24, 2.45) is 0 Å². The van der Waals surface area contributed by atoms with Gasteiger partial charge in [0.1, 0.15) is 17.6 Å². The lowest BCUT2D eigenvalue weighted by Crippen LogP contribution is -2.55. The lowest BCUT2D eigenvalue weighted by Gasteiger charge is -2.35. The first kappa shape index (κ1) is 30.2. The second-order valence-electron chi connectivity index (χ2n) is 8.82. The highest BCUT2D eigenvalue weighted by atomic mass is 16.8. The van der Waals surface area contributed by atoms with Crippen molar-refractivity contribution in [3.8, 4) is 11.4 Å². The van der Waals surface area contributed by atoms with Gasteiger partial charge < -0.3 is 35.3 Å². The summed E-state index contributed by atoms with van der Waals surface area (Å²) in [6, 6.07) is 9.34. The largest absolute Gasteiger partial charge is 0.527 e. The number of ether oxygens (including phenoxy) is 1. The maximum Gasteiger partial charge on any atom is 0.527 e. The number of hydrogen-bond acceptors (Lipinski definition) is 11. The third kappa shape index (κ3) is 9.17. The summed E-state index contributed by atoms with van der Waals surface area (Å²) < 4.78 is 4.76. The van der Waals surface area contributed by atoms with Gasteiger partial charge in [-0.15, -0.1) is 5.06 Å². The zero-order valence-electron chi connectivity index (χ0n) is 22.2. The van der Waals surface area contributed by atoms with Crippen molar-refractivity contribution in [1.82, 2.24) is 25.2 Å². The summed E-state index contributed by atoms with van der Waals surface area (Å²) in [5.41, 5.74) is 0.657. The minimum Gasteiger partial charge on any atom is -0.481 e. The van der Waals surface area contributed by atoms with Gasteiger partial charge in [0.2, 0.25) is 5.91 Å². The minimum atomic E-state index is -1.12. The van der Waals surface area contributed by atoms with E-state index in [1.165, 1.54) is 16.0 Å². The quantitative estimate of drug-likeness (QED) is 0.203. The number of aliphatic hydroxyl groups is 1. The molecule has 40 heavy (non-hydrogen) atoms. The summed E-state index contributed by atoms with van der Waals surface area (Å²) in [4.78, 5) is 64.9. The summed E-state index contributed by atoms with van der Waals surface area (Å²) >= 11 is 0. The second-order valence-corrected chi connectivity index (χ2v) is 8.82. The molecule has 1 aliphatic heterocycles. The Labute approximate surface area is 231 Å². The zero-order valence-corrected chi connectivity index (χ0v) is 22.2. The number of hydroxylamine groups is 2. The summed E-state index contributed by atoms with van der Waals surface area (Å²) in [6.07, 6.45) is -0.831. The van der Waals surface area contributed by atoms with Crippen LogP contribution < -0.4 is 10.6 Å². The molecular weight excluding hydrogens is 524 g/mol. The average molecular weight is 559 g/mol. The van der Waals surface area contributed by atoms with E-state index in [1.807, 2.05) is 18.2 Å². The standard InChI is InChI=1S/C26H34N6O8/c1-2-39-26(38)40-32-14-12-31(13-15-32)25(37)19(9-10-22(34)35)29-24(36)20-17-21(27-11-6-16-33)30-23(28-20)18-7-4-3-5-8-18/h3-5,7-8,17,19,33H,2,6,9-16H2,1H3,(H,29,36)(H,34,35)(H,27,28,30)/t19-/m0/s1. The molecule has 14 nitrogen and oxygen atoms in total. The number of aliphatic carboxylic acids is 1. The fraction of sp³-hybridized carbons (Fsp3) is 0.462. The van der Waals surface area contributed by atoms with Crippen LogP contribution in [0.2, 0.25) is 0 Å². The normalized spacial score (nSPS) is 14.2. The molecule has 14 heteroatoms. The Morgan fingerprint density at radius 2 is 1.80 bits per heavy atom. The molecule has 2 aromatic rings. The molecule has 0 spiro atoms. The van der Waals surface area contributed by atoms with Crippen LogP contribution in [0, 0.1) is 0 Å². The highest BCUT2D eigenvalue weighted by molar-refractivity contribution is 5.97. The summed E-state index contributed by atoms with van der Waals surface area (Å²) in [7, 11) is 0. The molecule has 0 unspecified atom stereocenters. The SMILES string of the molecule is CCOC(=O)ON1CCN(C(=O)[C@H](CCC(=O)O)NC(=O)c2cc(NCCCO)nc(-c3ccccc3)n2)CC1. The van der Waals surface area contributed by atoms with E-state index in [9.17, 15) is 24.3 Å². The fourth-order valence-corrected chi connectivity index (χ4v) is 3.89. The van der Waals surface area contributed by atoms with Gasteiger partial charge in [0.05, 0.1) is 19.7 Å². The maximum absolute atomic E-state index is 13.3. The van der Waals surface area contributed by atoms with Crippen molar-refractivity contribution in [2.45, 2.75) is 32.2 Å². The number of aromatic nitrogens is 2. The molecule has 1 atom stereocenters. The number of carboxylic acid groups (broad SMARTS) is 1. The van der Waals surface area contributed by atoms with Crippen molar-refractivity contribution in [3.05, 3.63) is 42.1 Å². The number of nitrogens with one attached hydrogen (secondary N) is 2. The molecule has 1 aromatic carbocycles. The number of carbonyl (C=O) groups excluding carboxylic acids is 3. The molecule has 4 N–H and O–H groups in total. The molecule has 0 radical (unpaired) electrons. The van der Waals surface area contributed by atoms with Gasteiger partial charge in [-0.05, 0) is 19.8 Å². The Hall–Kier alpha value is -4.30. The van der Waals surface area contributed by atoms with E-state index >= 15 is 0 Å². The Balaban J connectivity index is 1.75. The van der Waals surface area contributed by atoms with E-state index in [1.54, 1.807) is 19.1 Å². The van der Waals surface area contributed by atoms with E-state index in [2.05, 4.69) is 20.6 Å². The van der Waals surface area contributed by atoms with Crippen LogP contribution in [0.5, 0.6) is 0 Å². The Bertz CT molecular complexity index is 1160. The van der Waals surface area contributed by atoms with Gasteiger partial charge in [-0.1, -0.05) is 30.3 Å². The number of carboxylic acids is 1. The Kier molecular flexibility index (Phi) is 11.6. The number of aliphatic hydroxyl groups excluding tert-OH is 1. The van der Waals surface area contributed by atoms with Gasteiger partial charge in [-0.3, -0.25) is 14.4 Å². The summed E-state index contributed by atoms with van der Waals surface area (Å²) in [6.45, 7) is 3.05. The van der Waals surface area contributed by atoms with Crippen molar-refractivity contribution in [1.29, 1.82) is 0 Å². The van der Waals surface area contributed by atoms with Gasteiger partial charge in [-0.25, -0.2) is 14.8 Å². The van der Waals surface area contributed by atoms with E-state index in [-0.39, 0.29) is 63.8 Å². The number of amides is 2. The number of anilines is 1. The monoisotopic (exact) mass is 558 g/mol. The number of carbonyl (C=O) groups is 4. The summed E-state index contributed by atoms with van der Waals surface area (Å²) in [5.74, 6) is -1.59. The molecule has 0 aliphatic carbocycles. The van der Waals surface area contributed by atoms with E-state index in [4.69, 9.17) is 14.7 Å². The topological polar surface area (TPSA) is 184 Å². The van der Waals surface area contributed by atoms with E-state index in [0.717, 1.165) is 0 Å². The lowest BCUT2D eigenvalue weighted by atomic mass is 10.1. The first-order valence-corrected chi connectivity index (χ1v) is 13.0. The van der Waals surface area contributed by atoms with Crippen LogP contribution in [0.3, 0.4) is 0 Å². The maximum atomic E-state index is 13.3. The number of nitrogens with zero attached hydrogens (tertiary/aromatic N) is 4. The molecule has 216 valence electrons. The van der Waals surface area contributed by atoms with Crippen molar-refractivity contribution >= 4 is 29.8 Å². The molecule has 0 saturated carbocycles. The van der Waals surface area contributed by atoms with Crippen molar-refractivity contribution in [3.63, 3.8) is 0 Å². The van der Waals surface area contributed by atoms with Gasteiger partial charge in [0.15, 0.2) is 5.82 Å². The van der Waals surface area contributed by atoms with E-state index in [0.29, 0.717) is 24.3 Å². The highest BCUT2D eigenvalue weighted by Gasteiger charge is 2.31. The fourth-order valence-electron chi connectivity index (χ4n) is 3.89. The number of rotatable bonds is 13. The molecule has 1 aliphatic rings. The molecule has 1 fully saturated rings. The van der Waals surface area contributed by atoms with Gasteiger partial charge in [-0.2, -0.15) is 0 Å². The van der Waals surface area contributed by atoms with E-state index < -0.39 is 30.0 Å². The molecule has 1 aromatic heterocycles. The van der Waals surface area contributed by atoms with Crippen LogP contribution in [0.1, 0.15) is 36.7 Å². The molecule has 2 amide bonds. The van der Waals surface area contributed by atoms with Crippen LogP contribution in [0.4, 0.5) is 10.6 Å². The van der Waals surface area contributed by atoms with Crippen LogP contribution >= 0.6 is 0 Å². The first-order valence-electron chi connectivity index (χ1n) is 13.0. The summed E-state index contributed by atoms with van der Waals surface area (Å²) in [5, 5.41) is 25.4. The smallest absolute Gasteiger partial charge is 0.481 e. The van der Waals surface area contributed by atoms with Gasteiger partial charge >= 0.3 is 12.1 Å². The van der Waals surface area contributed by atoms with Crippen molar-refractivity contribution < 1.29 is 39.0 Å². The molecule has 3 rings (SSSR count). The molecule has 2 heterocycles. The number of hydrogen-bond donors (Lipinski definition) is 4. The lowest BCUT2D eigenvalue weighted by molar-refractivity contribution is -0.157. The molecule has 1 saturated heterocycles. The van der Waals surface area contributed by atoms with Gasteiger partial charge in [0, 0.05) is 44.3 Å².